The molecule has 6 nitrogen and oxygen atoms in total. The highest BCUT2D eigenvalue weighted by molar-refractivity contribution is 5.93. The Bertz CT molecular complexity index is 477. The molecule has 0 saturated carbocycles. The number of aryl methyl sites for hydroxylation is 1. The number of nitrogens with zero attached hydrogens (tertiary/aromatic N) is 3. The molecule has 0 aliphatic carbocycles. The van der Waals surface area contributed by atoms with Crippen LogP contribution in [-0.4, -0.2) is 44.8 Å². The van der Waals surface area contributed by atoms with Gasteiger partial charge in [-0.2, -0.15) is 5.10 Å². The molecule has 1 heterocycles. The summed E-state index contributed by atoms with van der Waals surface area (Å²) >= 11 is 0. The zero-order valence-electron chi connectivity index (χ0n) is 11.4. The molecular weight excluding hydrogens is 246 g/mol. The van der Waals surface area contributed by atoms with Crippen molar-refractivity contribution in [1.29, 1.82) is 0 Å². The highest BCUT2D eigenvalue weighted by Gasteiger charge is 2.15. The van der Waals surface area contributed by atoms with Gasteiger partial charge in [-0.25, -0.2) is 0 Å². The van der Waals surface area contributed by atoms with Crippen LogP contribution in [0.1, 0.15) is 19.5 Å². The number of hydrogen-bond donors (Lipinski definition) is 1. The number of hydrogen-bond acceptors (Lipinski definition) is 3. The Morgan fingerprint density at radius 1 is 1.53 bits per heavy atom. The number of amides is 1. The van der Waals surface area contributed by atoms with Crippen LogP contribution in [-0.2, 0) is 16.6 Å². The van der Waals surface area contributed by atoms with E-state index in [1.165, 1.54) is 11.0 Å². The average Bonchev–Trinajstić information content (AvgIpc) is 2.69. The lowest BCUT2D eigenvalue weighted by Gasteiger charge is -2.21. The fraction of sp³-hybridized carbons (Fsp3) is 0.462. The molecule has 1 N–H and O–H groups in total. The van der Waals surface area contributed by atoms with Crippen molar-refractivity contribution in [3.8, 4) is 0 Å². The van der Waals surface area contributed by atoms with E-state index < -0.39 is 5.97 Å². The van der Waals surface area contributed by atoms with Crippen LogP contribution in [0, 0.1) is 5.92 Å². The summed E-state index contributed by atoms with van der Waals surface area (Å²) in [5.74, 6) is -1.10. The molecule has 0 fully saturated rings. The topological polar surface area (TPSA) is 75.4 Å². The molecule has 6 heteroatoms. The fourth-order valence-electron chi connectivity index (χ4n) is 1.65. The summed E-state index contributed by atoms with van der Waals surface area (Å²) in [7, 11) is 1.77. The van der Waals surface area contributed by atoms with Crippen LogP contribution >= 0.6 is 0 Å². The maximum Gasteiger partial charge on any atom is 0.323 e. The smallest absolute Gasteiger partial charge is 0.323 e. The molecule has 104 valence electrons. The Hall–Kier alpha value is -2.11. The molecule has 0 spiro atoms. The lowest BCUT2D eigenvalue weighted by Crippen LogP contribution is -2.37. The number of aromatic nitrogens is 2. The van der Waals surface area contributed by atoms with E-state index in [0.29, 0.717) is 6.54 Å². The first-order valence-corrected chi connectivity index (χ1v) is 6.07. The van der Waals surface area contributed by atoms with Crippen molar-refractivity contribution < 1.29 is 14.7 Å². The molecule has 0 unspecified atom stereocenters. The van der Waals surface area contributed by atoms with Gasteiger partial charge in [0.1, 0.15) is 6.54 Å². The highest BCUT2D eigenvalue weighted by Crippen LogP contribution is 2.03. The number of rotatable bonds is 6. The zero-order valence-corrected chi connectivity index (χ0v) is 11.4. The Balaban J connectivity index is 2.73. The summed E-state index contributed by atoms with van der Waals surface area (Å²) in [6.45, 7) is 4.01. The predicted molar refractivity (Wildman–Crippen MR) is 71.3 cm³/mol. The summed E-state index contributed by atoms with van der Waals surface area (Å²) in [5, 5.41) is 12.8. The number of carboxylic acids is 1. The number of carboxylic acid groups (broad SMARTS) is 1. The Kier molecular flexibility index (Phi) is 5.29. The van der Waals surface area contributed by atoms with Gasteiger partial charge in [0.25, 0.3) is 0 Å². The van der Waals surface area contributed by atoms with Crippen LogP contribution in [0.25, 0.3) is 6.08 Å². The molecule has 1 aromatic heterocycles. The summed E-state index contributed by atoms with van der Waals surface area (Å²) in [6, 6.07) is 1.77. The van der Waals surface area contributed by atoms with Gasteiger partial charge in [0.15, 0.2) is 0 Å². The molecule has 0 bridgehead atoms. The van der Waals surface area contributed by atoms with Crippen LogP contribution < -0.4 is 0 Å². The predicted octanol–water partition coefficient (Wildman–Crippen LogP) is 1.00. The van der Waals surface area contributed by atoms with Crippen molar-refractivity contribution in [2.45, 2.75) is 13.8 Å². The zero-order chi connectivity index (χ0) is 14.4. The Labute approximate surface area is 112 Å². The summed E-state index contributed by atoms with van der Waals surface area (Å²) in [4.78, 5) is 24.0. The summed E-state index contributed by atoms with van der Waals surface area (Å²) in [5.41, 5.74) is 0.785. The van der Waals surface area contributed by atoms with Gasteiger partial charge in [-0.15, -0.1) is 0 Å². The third kappa shape index (κ3) is 4.95. The summed E-state index contributed by atoms with van der Waals surface area (Å²) < 4.78 is 1.63. The average molecular weight is 265 g/mol. The molecule has 1 rings (SSSR count). The van der Waals surface area contributed by atoms with E-state index >= 15 is 0 Å². The van der Waals surface area contributed by atoms with Crippen molar-refractivity contribution in [3.05, 3.63) is 24.0 Å². The minimum absolute atomic E-state index is 0.216. The van der Waals surface area contributed by atoms with E-state index in [-0.39, 0.29) is 18.4 Å². The third-order valence-electron chi connectivity index (χ3n) is 2.48. The molecule has 0 radical (unpaired) electrons. The van der Waals surface area contributed by atoms with E-state index in [4.69, 9.17) is 5.11 Å². The van der Waals surface area contributed by atoms with Crippen molar-refractivity contribution in [3.63, 3.8) is 0 Å². The SMILES string of the molecule is CC(C)CN(CC(=O)O)C(=O)/C=C/c1ccnn1C. The Morgan fingerprint density at radius 2 is 2.21 bits per heavy atom. The summed E-state index contributed by atoms with van der Waals surface area (Å²) in [6.07, 6.45) is 4.64. The van der Waals surface area contributed by atoms with Crippen LogP contribution in [0.5, 0.6) is 0 Å². The van der Waals surface area contributed by atoms with Crippen LogP contribution in [0.3, 0.4) is 0 Å². The van der Waals surface area contributed by atoms with E-state index in [0.717, 1.165) is 5.69 Å². The third-order valence-corrected chi connectivity index (χ3v) is 2.48. The normalized spacial score (nSPS) is 11.2. The highest BCUT2D eigenvalue weighted by atomic mass is 16.4. The van der Waals surface area contributed by atoms with Crippen LogP contribution in [0.15, 0.2) is 18.3 Å². The van der Waals surface area contributed by atoms with Gasteiger partial charge in [-0.05, 0) is 18.1 Å². The lowest BCUT2D eigenvalue weighted by atomic mass is 10.2. The Morgan fingerprint density at radius 3 is 2.68 bits per heavy atom. The number of aliphatic carboxylic acids is 1. The van der Waals surface area contributed by atoms with Crippen molar-refractivity contribution in [1.82, 2.24) is 14.7 Å². The number of carbonyl (C=O) groups is 2. The molecule has 1 amide bonds. The minimum atomic E-state index is -1.01. The molecule has 1 aromatic rings. The van der Waals surface area contributed by atoms with E-state index in [9.17, 15) is 9.59 Å². The second-order valence-corrected chi connectivity index (χ2v) is 4.72. The van der Waals surface area contributed by atoms with Crippen molar-refractivity contribution in [2.24, 2.45) is 13.0 Å². The first-order valence-electron chi connectivity index (χ1n) is 6.07. The van der Waals surface area contributed by atoms with E-state index in [2.05, 4.69) is 5.10 Å². The first-order chi connectivity index (χ1) is 8.90. The number of carbonyl (C=O) groups excluding carboxylic acids is 1. The second kappa shape index (κ2) is 6.72. The van der Waals surface area contributed by atoms with Gasteiger partial charge >= 0.3 is 5.97 Å². The molecule has 19 heavy (non-hydrogen) atoms. The minimum Gasteiger partial charge on any atom is -0.480 e. The molecule has 0 aromatic carbocycles. The maximum atomic E-state index is 12.0. The van der Waals surface area contributed by atoms with Crippen molar-refractivity contribution in [2.75, 3.05) is 13.1 Å². The van der Waals surface area contributed by atoms with Crippen LogP contribution in [0.4, 0.5) is 0 Å². The fourth-order valence-corrected chi connectivity index (χ4v) is 1.65. The first kappa shape index (κ1) is 14.9. The van der Waals surface area contributed by atoms with E-state index in [1.807, 2.05) is 13.8 Å². The van der Waals surface area contributed by atoms with Gasteiger partial charge in [0.05, 0.1) is 5.69 Å². The quantitative estimate of drug-likeness (QED) is 0.779. The van der Waals surface area contributed by atoms with Crippen LogP contribution in [0.2, 0.25) is 0 Å². The van der Waals surface area contributed by atoms with Gasteiger partial charge < -0.3 is 10.0 Å². The van der Waals surface area contributed by atoms with Gasteiger partial charge in [-0.3, -0.25) is 14.3 Å². The maximum absolute atomic E-state index is 12.0. The largest absolute Gasteiger partial charge is 0.480 e. The van der Waals surface area contributed by atoms with Gasteiger partial charge in [-0.1, -0.05) is 13.8 Å². The molecule has 0 atom stereocenters. The monoisotopic (exact) mass is 265 g/mol. The molecule has 0 saturated heterocycles. The standard InChI is InChI=1S/C13H19N3O3/c1-10(2)8-16(9-13(18)19)12(17)5-4-11-6-7-14-15(11)3/h4-7,10H,8-9H2,1-3H3,(H,18,19)/b5-4+. The molecule has 0 aliphatic rings. The second-order valence-electron chi connectivity index (χ2n) is 4.72. The van der Waals surface area contributed by atoms with Gasteiger partial charge in [0.2, 0.25) is 5.91 Å². The van der Waals surface area contributed by atoms with Crippen molar-refractivity contribution >= 4 is 18.0 Å². The van der Waals surface area contributed by atoms with Gasteiger partial charge in [0, 0.05) is 25.9 Å². The lowest BCUT2D eigenvalue weighted by molar-refractivity contribution is -0.143. The molecular formula is C13H19N3O3. The molecule has 0 aliphatic heterocycles. The van der Waals surface area contributed by atoms with E-state index in [1.54, 1.807) is 30.1 Å².